The van der Waals surface area contributed by atoms with Crippen LogP contribution in [0.15, 0.2) is 0 Å². The second-order valence-electron chi connectivity index (χ2n) is 15.7. The molecule has 7 heteroatoms. The van der Waals surface area contributed by atoms with Gasteiger partial charge < -0.3 is 30.7 Å². The van der Waals surface area contributed by atoms with Crippen LogP contribution >= 0.6 is 0 Å². The van der Waals surface area contributed by atoms with E-state index in [0.29, 0.717) is 41.5 Å². The molecule has 10 atom stereocenters. The largest absolute Gasteiger partial charge is 0.469 e. The van der Waals surface area contributed by atoms with Crippen molar-refractivity contribution in [2.45, 2.75) is 110 Å². The van der Waals surface area contributed by atoms with Crippen LogP contribution in [-0.4, -0.2) is 92.5 Å². The summed E-state index contributed by atoms with van der Waals surface area (Å²) in [4.78, 5) is 17.0. The van der Waals surface area contributed by atoms with Gasteiger partial charge in [0.2, 0.25) is 0 Å². The predicted octanol–water partition coefficient (Wildman–Crippen LogP) is 4.52. The fourth-order valence-corrected chi connectivity index (χ4v) is 11.3. The number of hydrogen-bond donors (Lipinski definition) is 3. The summed E-state index contributed by atoms with van der Waals surface area (Å²) < 4.78 is 4.93. The number of piperazine rings is 1. The molecule has 0 amide bonds. The highest BCUT2D eigenvalue weighted by Crippen LogP contribution is 2.68. The Morgan fingerprint density at radius 1 is 0.952 bits per heavy atom. The number of aliphatic hydroxyl groups excluding tert-OH is 1. The molecule has 5 fully saturated rings. The number of methoxy groups -OCH3 is 1. The third-order valence-electron chi connectivity index (χ3n) is 13.7. The van der Waals surface area contributed by atoms with E-state index in [-0.39, 0.29) is 17.5 Å². The fraction of sp³-hybridized carbons (Fsp3) is 0.971. The van der Waals surface area contributed by atoms with Crippen molar-refractivity contribution >= 4 is 5.97 Å². The van der Waals surface area contributed by atoms with Crippen molar-refractivity contribution in [3.05, 3.63) is 0 Å². The molecule has 0 aromatic heterocycles. The van der Waals surface area contributed by atoms with E-state index in [2.05, 4.69) is 35.9 Å². The van der Waals surface area contributed by atoms with Crippen LogP contribution < -0.4 is 11.1 Å². The van der Waals surface area contributed by atoms with E-state index in [0.717, 1.165) is 57.2 Å². The van der Waals surface area contributed by atoms with Crippen molar-refractivity contribution in [1.29, 1.82) is 0 Å². The summed E-state index contributed by atoms with van der Waals surface area (Å²) >= 11 is 0. The number of fused-ring (bicyclic) bond motifs is 5. The topological polar surface area (TPSA) is 91.1 Å². The molecule has 242 valence electrons. The van der Waals surface area contributed by atoms with Gasteiger partial charge in [0.1, 0.15) is 0 Å². The number of nitrogens with two attached hydrogens (primary N) is 1. The van der Waals surface area contributed by atoms with Crippen molar-refractivity contribution in [2.75, 3.05) is 59.5 Å². The van der Waals surface area contributed by atoms with Gasteiger partial charge in [-0.3, -0.25) is 4.79 Å². The van der Waals surface area contributed by atoms with Gasteiger partial charge in [0.05, 0.1) is 13.2 Å². The Balaban J connectivity index is 1.10. The van der Waals surface area contributed by atoms with Crippen molar-refractivity contribution in [2.24, 2.45) is 52.1 Å². The molecule has 0 aromatic rings. The normalized spacial score (nSPS) is 41.5. The zero-order valence-electron chi connectivity index (χ0n) is 27.5. The lowest BCUT2D eigenvalue weighted by Gasteiger charge is -2.62. The SMILES string of the molecule is COC(=O)CC[C@@H](C)[C@H]1CCC2C3C[C@@H](O)[C@H]4C[C@@H](NCCCN5CCN(CCCN)CC5)CC[C@]4(C)C3CC[C@@]21C. The van der Waals surface area contributed by atoms with Crippen LogP contribution in [0.4, 0.5) is 0 Å². The number of carbonyl (C=O) groups is 1. The lowest BCUT2D eigenvalue weighted by Crippen LogP contribution is -2.59. The molecule has 3 unspecified atom stereocenters. The van der Waals surface area contributed by atoms with Gasteiger partial charge in [0.15, 0.2) is 0 Å². The Morgan fingerprint density at radius 3 is 2.31 bits per heavy atom. The number of ether oxygens (including phenoxy) is 1. The minimum Gasteiger partial charge on any atom is -0.469 e. The second kappa shape index (κ2) is 14.1. The van der Waals surface area contributed by atoms with Gasteiger partial charge in [0, 0.05) is 38.6 Å². The lowest BCUT2D eigenvalue weighted by atomic mass is 9.43. The molecule has 0 radical (unpaired) electrons. The standard InChI is InChI=1S/C35H64N4O3/c1-25(7-10-33(41)42-4)28-8-9-29-27-24-32(40)31-23-26(11-13-35(31,3)30(27)12-14-34(28,29)2)37-16-6-18-39-21-19-38(20-22-39)17-5-15-36/h25-32,37,40H,5-24,36H2,1-4H3/t25-,26+,27?,28-,29?,30?,31-,32-,34-,35-/m1/s1. The molecule has 1 saturated heterocycles. The van der Waals surface area contributed by atoms with Gasteiger partial charge in [0.25, 0.3) is 0 Å². The highest BCUT2D eigenvalue weighted by Gasteiger charge is 2.62. The highest BCUT2D eigenvalue weighted by molar-refractivity contribution is 5.69. The van der Waals surface area contributed by atoms with Crippen molar-refractivity contribution in [1.82, 2.24) is 15.1 Å². The zero-order chi connectivity index (χ0) is 29.9. The van der Waals surface area contributed by atoms with Crippen LogP contribution in [0.1, 0.15) is 97.8 Å². The molecule has 5 aliphatic rings. The van der Waals surface area contributed by atoms with Crippen molar-refractivity contribution < 1.29 is 14.6 Å². The van der Waals surface area contributed by atoms with E-state index in [9.17, 15) is 9.90 Å². The molecule has 4 N–H and O–H groups in total. The van der Waals surface area contributed by atoms with Crippen LogP contribution in [0.25, 0.3) is 0 Å². The number of nitrogens with zero attached hydrogens (tertiary/aromatic N) is 2. The number of carbonyl (C=O) groups excluding carboxylic acids is 1. The van der Waals surface area contributed by atoms with Gasteiger partial charge in [-0.15, -0.1) is 0 Å². The first kappa shape index (κ1) is 32.7. The van der Waals surface area contributed by atoms with E-state index in [1.807, 2.05) is 0 Å². The molecular weight excluding hydrogens is 524 g/mol. The smallest absolute Gasteiger partial charge is 0.305 e. The number of esters is 1. The fourth-order valence-electron chi connectivity index (χ4n) is 11.3. The van der Waals surface area contributed by atoms with Crippen molar-refractivity contribution in [3.63, 3.8) is 0 Å². The summed E-state index contributed by atoms with van der Waals surface area (Å²) in [5.41, 5.74) is 6.32. The van der Waals surface area contributed by atoms with E-state index >= 15 is 0 Å². The third-order valence-corrected chi connectivity index (χ3v) is 13.7. The summed E-state index contributed by atoms with van der Waals surface area (Å²) in [5.74, 6) is 3.77. The molecule has 7 nitrogen and oxygen atoms in total. The van der Waals surface area contributed by atoms with Crippen LogP contribution in [-0.2, 0) is 9.53 Å². The Bertz CT molecular complexity index is 880. The zero-order valence-corrected chi connectivity index (χ0v) is 27.5. The van der Waals surface area contributed by atoms with Crippen LogP contribution in [0, 0.1) is 46.3 Å². The number of aliphatic hydroxyl groups is 1. The molecular formula is C35H64N4O3. The number of hydrogen-bond acceptors (Lipinski definition) is 7. The minimum atomic E-state index is -0.158. The molecule has 4 aliphatic carbocycles. The van der Waals surface area contributed by atoms with Crippen LogP contribution in [0.3, 0.4) is 0 Å². The van der Waals surface area contributed by atoms with Gasteiger partial charge >= 0.3 is 5.97 Å². The van der Waals surface area contributed by atoms with Gasteiger partial charge in [-0.25, -0.2) is 0 Å². The number of rotatable bonds is 12. The first-order valence-corrected chi connectivity index (χ1v) is 17.8. The Hall–Kier alpha value is -0.730. The predicted molar refractivity (Wildman–Crippen MR) is 170 cm³/mol. The maximum absolute atomic E-state index is 11.8. The molecule has 1 heterocycles. The highest BCUT2D eigenvalue weighted by atomic mass is 16.5. The summed E-state index contributed by atoms with van der Waals surface area (Å²) in [7, 11) is 1.50. The first-order chi connectivity index (χ1) is 20.2. The first-order valence-electron chi connectivity index (χ1n) is 17.8. The van der Waals surface area contributed by atoms with E-state index in [1.165, 1.54) is 84.8 Å². The quantitative estimate of drug-likeness (QED) is 0.228. The molecule has 4 saturated carbocycles. The lowest BCUT2D eigenvalue weighted by molar-refractivity contribution is -0.162. The third kappa shape index (κ3) is 6.76. The van der Waals surface area contributed by atoms with E-state index < -0.39 is 0 Å². The van der Waals surface area contributed by atoms with Gasteiger partial charge in [-0.2, -0.15) is 0 Å². The monoisotopic (exact) mass is 588 g/mol. The number of nitrogens with one attached hydrogen (secondary N) is 1. The molecule has 42 heavy (non-hydrogen) atoms. The van der Waals surface area contributed by atoms with Crippen LogP contribution in [0.5, 0.6) is 0 Å². The van der Waals surface area contributed by atoms with Crippen LogP contribution in [0.2, 0.25) is 0 Å². The minimum absolute atomic E-state index is 0.0718. The summed E-state index contributed by atoms with van der Waals surface area (Å²) in [6.45, 7) is 16.5. The summed E-state index contributed by atoms with van der Waals surface area (Å²) in [6.07, 6.45) is 13.6. The Kier molecular flexibility index (Phi) is 11.0. The molecule has 1 aliphatic heterocycles. The molecule has 0 spiro atoms. The average molecular weight is 589 g/mol. The maximum Gasteiger partial charge on any atom is 0.305 e. The van der Waals surface area contributed by atoms with Crippen molar-refractivity contribution in [3.8, 4) is 0 Å². The Labute approximate surface area is 257 Å². The van der Waals surface area contributed by atoms with E-state index in [4.69, 9.17) is 10.5 Å². The van der Waals surface area contributed by atoms with E-state index in [1.54, 1.807) is 0 Å². The molecule has 5 rings (SSSR count). The molecule has 0 aromatic carbocycles. The average Bonchev–Trinajstić information content (AvgIpc) is 3.35. The van der Waals surface area contributed by atoms with Gasteiger partial charge in [-0.05, 0) is 143 Å². The Morgan fingerprint density at radius 2 is 1.62 bits per heavy atom. The summed E-state index contributed by atoms with van der Waals surface area (Å²) in [5, 5.41) is 15.6. The maximum atomic E-state index is 11.8. The second-order valence-corrected chi connectivity index (χ2v) is 15.7. The molecule has 0 bridgehead atoms. The summed E-state index contributed by atoms with van der Waals surface area (Å²) in [6, 6.07) is 0.558. The van der Waals surface area contributed by atoms with Gasteiger partial charge in [-0.1, -0.05) is 20.8 Å².